The lowest BCUT2D eigenvalue weighted by molar-refractivity contribution is 0.246. The van der Waals surface area contributed by atoms with E-state index in [1.54, 1.807) is 42.7 Å². The van der Waals surface area contributed by atoms with Gasteiger partial charge in [-0.05, 0) is 31.1 Å². The van der Waals surface area contributed by atoms with Crippen molar-refractivity contribution in [1.82, 2.24) is 0 Å². The van der Waals surface area contributed by atoms with E-state index < -0.39 is 34.5 Å². The first-order valence-corrected chi connectivity index (χ1v) is 21.4. The maximum absolute atomic E-state index is 6.51. The number of hydrogen-bond acceptors (Lipinski definition) is 6. The molecule has 0 bridgehead atoms. The van der Waals surface area contributed by atoms with Crippen molar-refractivity contribution < 1.29 is 26.6 Å². The molecule has 0 saturated carbocycles. The van der Waals surface area contributed by atoms with Gasteiger partial charge < -0.3 is 26.6 Å². The van der Waals surface area contributed by atoms with Gasteiger partial charge in [0.25, 0.3) is 0 Å². The monoisotopic (exact) mass is 614 g/mol. The molecule has 0 aliphatic heterocycles. The summed E-state index contributed by atoms with van der Waals surface area (Å²) in [5.74, 6) is 0. The van der Waals surface area contributed by atoms with Gasteiger partial charge in [0, 0.05) is 42.7 Å². The number of hydrogen-bond donors (Lipinski definition) is 0. The quantitative estimate of drug-likeness (QED) is 0.242. The molecule has 0 fully saturated rings. The van der Waals surface area contributed by atoms with Crippen molar-refractivity contribution in [2.75, 3.05) is 42.7 Å². The van der Waals surface area contributed by atoms with Crippen LogP contribution in [0.3, 0.4) is 0 Å². The van der Waals surface area contributed by atoms with Crippen LogP contribution in [0.25, 0.3) is 0 Å². The molecule has 3 aromatic carbocycles. The highest BCUT2D eigenvalue weighted by Crippen LogP contribution is 2.44. The zero-order valence-electron chi connectivity index (χ0n) is 25.4. The Kier molecular flexibility index (Phi) is 11.8. The van der Waals surface area contributed by atoms with Gasteiger partial charge in [-0.3, -0.25) is 0 Å². The van der Waals surface area contributed by atoms with E-state index in [0.29, 0.717) is 0 Å². The molecule has 0 spiro atoms. The molecule has 3 unspecified atom stereocenters. The lowest BCUT2D eigenvalue weighted by atomic mass is 10.4. The Hall–Kier alpha value is -1.71. The molecule has 3 atom stereocenters. The molecule has 40 heavy (non-hydrogen) atoms. The zero-order chi connectivity index (χ0) is 29.4. The summed E-state index contributed by atoms with van der Waals surface area (Å²) in [6, 6.07) is 31.3. The lowest BCUT2D eigenvalue weighted by Crippen LogP contribution is -2.69. The van der Waals surface area contributed by atoms with Gasteiger partial charge in [-0.2, -0.15) is 0 Å². The summed E-state index contributed by atoms with van der Waals surface area (Å²) in [6.07, 6.45) is 0. The van der Waals surface area contributed by atoms with Crippen LogP contribution < -0.4 is 15.6 Å². The molecule has 0 amide bonds. The second-order valence-electron chi connectivity index (χ2n) is 10.3. The molecule has 3 aromatic rings. The van der Waals surface area contributed by atoms with Crippen LogP contribution in [0.15, 0.2) is 91.0 Å². The molecule has 0 aromatic heterocycles. The van der Waals surface area contributed by atoms with E-state index in [4.69, 9.17) is 26.6 Å². The summed E-state index contributed by atoms with van der Waals surface area (Å²) in [7, 11) is -0.117. The first-order valence-electron chi connectivity index (χ1n) is 13.8. The molecule has 0 aliphatic rings. The van der Waals surface area contributed by atoms with Crippen LogP contribution in [-0.2, 0) is 26.6 Å². The highest BCUT2D eigenvalue weighted by Gasteiger charge is 2.61. The second kappa shape index (κ2) is 14.5. The highest BCUT2D eigenvalue weighted by atomic mass is 28.4. The number of benzene rings is 3. The van der Waals surface area contributed by atoms with Crippen LogP contribution in [0.4, 0.5) is 0 Å². The SMILES string of the molecule is CO[Si](OC)(c1ccccc1)C(C)[SiH](C(C)[Si](OC)(OC)c1ccccc1)C(C)[Si](OC)(OC)c1ccccc1. The molecule has 0 heterocycles. The molecule has 0 N–H and O–H groups in total. The van der Waals surface area contributed by atoms with Crippen molar-refractivity contribution in [3.05, 3.63) is 91.0 Å². The average molecular weight is 615 g/mol. The minimum Gasteiger partial charge on any atom is -0.394 e. The standard InChI is InChI=1S/C30H46O6Si4/c1-25(38(31-4,32-5)28-19-13-10-14-20-28)37(26(2)39(33-6,34-7)29-21-15-11-16-22-29)27(3)40(35-8,36-9)30-23-17-12-18-24-30/h10-27,37H,1-9H3. The minimum atomic E-state index is -2.94. The first-order chi connectivity index (χ1) is 19.3. The van der Waals surface area contributed by atoms with Crippen molar-refractivity contribution in [3.8, 4) is 0 Å². The van der Waals surface area contributed by atoms with Gasteiger partial charge in [-0.25, -0.2) is 0 Å². The van der Waals surface area contributed by atoms with Crippen molar-refractivity contribution in [1.29, 1.82) is 0 Å². The summed E-state index contributed by atoms with van der Waals surface area (Å²) in [5, 5.41) is 3.68. The second-order valence-corrected chi connectivity index (χ2v) is 27.3. The third kappa shape index (κ3) is 5.80. The van der Waals surface area contributed by atoms with Gasteiger partial charge in [0.1, 0.15) is 0 Å². The van der Waals surface area contributed by atoms with Gasteiger partial charge in [0.05, 0.1) is 8.80 Å². The van der Waals surface area contributed by atoms with E-state index in [1.807, 2.05) is 18.2 Å². The van der Waals surface area contributed by atoms with E-state index in [1.165, 1.54) is 0 Å². The Labute approximate surface area is 245 Å². The fourth-order valence-electron chi connectivity index (χ4n) is 6.93. The van der Waals surface area contributed by atoms with Crippen LogP contribution in [-0.4, -0.2) is 77.1 Å². The van der Waals surface area contributed by atoms with Crippen LogP contribution in [0.5, 0.6) is 0 Å². The first kappa shape index (κ1) is 32.8. The lowest BCUT2D eigenvalue weighted by Gasteiger charge is -2.48. The highest BCUT2D eigenvalue weighted by molar-refractivity contribution is 7.05. The molecule has 3 rings (SSSR count). The molecular formula is C30H46O6Si4. The molecule has 6 nitrogen and oxygen atoms in total. The Morgan fingerprint density at radius 3 is 0.775 bits per heavy atom. The van der Waals surface area contributed by atoms with Crippen LogP contribution in [0, 0.1) is 0 Å². The Morgan fingerprint density at radius 1 is 0.400 bits per heavy atom. The maximum atomic E-state index is 6.51. The summed E-state index contributed by atoms with van der Waals surface area (Å²) >= 11 is 0. The van der Waals surface area contributed by atoms with E-state index in [0.717, 1.165) is 15.6 Å². The van der Waals surface area contributed by atoms with Crippen LogP contribution in [0.1, 0.15) is 20.8 Å². The van der Waals surface area contributed by atoms with E-state index in [9.17, 15) is 0 Å². The predicted octanol–water partition coefficient (Wildman–Crippen LogP) is 3.93. The van der Waals surface area contributed by atoms with Crippen molar-refractivity contribution in [2.24, 2.45) is 0 Å². The summed E-state index contributed by atoms with van der Waals surface area (Å²) in [4.78, 5) is 0. The van der Waals surface area contributed by atoms with Crippen LogP contribution >= 0.6 is 0 Å². The largest absolute Gasteiger partial charge is 0.394 e. The summed E-state index contributed by atoms with van der Waals surface area (Å²) < 4.78 is 39.0. The van der Waals surface area contributed by atoms with Gasteiger partial charge in [-0.15, -0.1) is 0 Å². The topological polar surface area (TPSA) is 55.4 Å². The third-order valence-corrected chi connectivity index (χ3v) is 30.4. The smallest absolute Gasteiger partial charge is 0.371 e. The van der Waals surface area contributed by atoms with E-state index >= 15 is 0 Å². The third-order valence-electron chi connectivity index (χ3n) is 8.88. The average Bonchev–Trinajstić information content (AvgIpc) is 3.02. The van der Waals surface area contributed by atoms with Gasteiger partial charge in [-0.1, -0.05) is 112 Å². The number of rotatable bonds is 15. The normalized spacial score (nSPS) is 15.8. The molecular weight excluding hydrogens is 569 g/mol. The Bertz CT molecular complexity index is 996. The van der Waals surface area contributed by atoms with E-state index in [-0.39, 0.29) is 15.5 Å². The molecule has 0 aliphatic carbocycles. The molecule has 0 radical (unpaired) electrons. The van der Waals surface area contributed by atoms with Crippen molar-refractivity contribution in [2.45, 2.75) is 36.3 Å². The van der Waals surface area contributed by atoms with Gasteiger partial charge in [0.2, 0.25) is 0 Å². The fraction of sp³-hybridized carbons (Fsp3) is 0.400. The predicted molar refractivity (Wildman–Crippen MR) is 173 cm³/mol. The Balaban J connectivity index is 2.32. The van der Waals surface area contributed by atoms with E-state index in [2.05, 4.69) is 93.6 Å². The van der Waals surface area contributed by atoms with Crippen molar-refractivity contribution in [3.63, 3.8) is 0 Å². The maximum Gasteiger partial charge on any atom is 0.371 e. The Morgan fingerprint density at radius 2 is 0.600 bits per heavy atom. The summed E-state index contributed by atoms with van der Waals surface area (Å²) in [5.41, 5.74) is 0. The van der Waals surface area contributed by atoms with Gasteiger partial charge in [0.15, 0.2) is 0 Å². The zero-order valence-corrected chi connectivity index (χ0v) is 29.6. The van der Waals surface area contributed by atoms with Crippen LogP contribution in [0.2, 0.25) is 15.5 Å². The molecule has 10 heteroatoms. The van der Waals surface area contributed by atoms with Gasteiger partial charge >= 0.3 is 25.7 Å². The van der Waals surface area contributed by atoms with Crippen molar-refractivity contribution >= 4 is 50.0 Å². The summed E-state index contributed by atoms with van der Waals surface area (Å²) in [6.45, 7) is 6.96. The molecule has 218 valence electrons. The minimum absolute atomic E-state index is 0.108. The molecule has 0 saturated heterocycles. The fourth-order valence-corrected chi connectivity index (χ4v) is 34.4.